The van der Waals surface area contributed by atoms with E-state index >= 15 is 0 Å². The van der Waals surface area contributed by atoms with Gasteiger partial charge < -0.3 is 19.5 Å². The maximum atomic E-state index is 13.2. The van der Waals surface area contributed by atoms with Crippen LogP contribution in [0.5, 0.6) is 17.2 Å². The molecule has 174 valence electrons. The number of methoxy groups -OCH3 is 3. The molecule has 1 N–H and O–H groups in total. The van der Waals surface area contributed by atoms with Crippen molar-refractivity contribution in [2.45, 2.75) is 30.7 Å². The Morgan fingerprint density at radius 2 is 1.72 bits per heavy atom. The molecule has 0 saturated carbocycles. The molecular formula is C23H30N2O6S. The van der Waals surface area contributed by atoms with Crippen LogP contribution in [0.4, 0.5) is 0 Å². The molecule has 32 heavy (non-hydrogen) atoms. The maximum Gasteiger partial charge on any atom is 0.243 e. The number of carbonyl (C=O) groups is 1. The maximum absolute atomic E-state index is 13.2. The van der Waals surface area contributed by atoms with E-state index in [1.165, 1.54) is 30.7 Å². The van der Waals surface area contributed by atoms with Crippen molar-refractivity contribution in [2.75, 3.05) is 34.4 Å². The first-order valence-electron chi connectivity index (χ1n) is 10.5. The molecule has 1 amide bonds. The third-order valence-electron chi connectivity index (χ3n) is 5.72. The Kier molecular flexibility index (Phi) is 7.63. The Morgan fingerprint density at radius 3 is 2.34 bits per heavy atom. The summed E-state index contributed by atoms with van der Waals surface area (Å²) in [6, 6.07) is 11.8. The predicted molar refractivity (Wildman–Crippen MR) is 121 cm³/mol. The summed E-state index contributed by atoms with van der Waals surface area (Å²) in [6.45, 7) is 2.41. The number of amides is 1. The average molecular weight is 463 g/mol. The van der Waals surface area contributed by atoms with Crippen molar-refractivity contribution in [3.8, 4) is 17.2 Å². The molecule has 0 radical (unpaired) electrons. The lowest BCUT2D eigenvalue weighted by Gasteiger charge is -2.32. The van der Waals surface area contributed by atoms with E-state index in [1.807, 2.05) is 31.2 Å². The Morgan fingerprint density at radius 1 is 1.03 bits per heavy atom. The number of hydrogen-bond acceptors (Lipinski definition) is 6. The molecule has 0 bridgehead atoms. The smallest absolute Gasteiger partial charge is 0.243 e. The fraction of sp³-hybridized carbons (Fsp3) is 0.435. The number of benzene rings is 2. The van der Waals surface area contributed by atoms with Gasteiger partial charge in [0.25, 0.3) is 0 Å². The Hall–Kier alpha value is -2.78. The second-order valence-electron chi connectivity index (χ2n) is 7.72. The molecule has 8 nitrogen and oxygen atoms in total. The first-order chi connectivity index (χ1) is 15.3. The van der Waals surface area contributed by atoms with E-state index in [0.29, 0.717) is 30.9 Å². The van der Waals surface area contributed by atoms with Crippen LogP contribution in [-0.4, -0.2) is 53.0 Å². The molecule has 2 unspecified atom stereocenters. The molecule has 2 aromatic rings. The summed E-state index contributed by atoms with van der Waals surface area (Å²) in [5.41, 5.74) is 0.949. The molecule has 3 rings (SSSR count). The molecule has 1 aliphatic rings. The van der Waals surface area contributed by atoms with Gasteiger partial charge in [-0.3, -0.25) is 4.79 Å². The molecule has 1 aliphatic heterocycles. The third-order valence-corrected chi connectivity index (χ3v) is 7.58. The highest BCUT2D eigenvalue weighted by Gasteiger charge is 2.34. The molecule has 9 heteroatoms. The van der Waals surface area contributed by atoms with Crippen molar-refractivity contribution in [1.29, 1.82) is 0 Å². The van der Waals surface area contributed by atoms with Crippen molar-refractivity contribution in [3.05, 3.63) is 48.0 Å². The van der Waals surface area contributed by atoms with Crippen molar-refractivity contribution in [1.82, 2.24) is 9.62 Å². The van der Waals surface area contributed by atoms with Crippen LogP contribution in [0.15, 0.2) is 47.4 Å². The van der Waals surface area contributed by atoms with Crippen molar-refractivity contribution >= 4 is 15.9 Å². The molecule has 1 saturated heterocycles. The zero-order chi connectivity index (χ0) is 23.3. The number of rotatable bonds is 8. The van der Waals surface area contributed by atoms with Crippen LogP contribution in [-0.2, 0) is 14.8 Å². The second-order valence-corrected chi connectivity index (χ2v) is 9.66. The minimum absolute atomic E-state index is 0.114. The van der Waals surface area contributed by atoms with Crippen molar-refractivity contribution < 1.29 is 27.4 Å². The minimum Gasteiger partial charge on any atom is -0.497 e. The molecule has 2 atom stereocenters. The van der Waals surface area contributed by atoms with E-state index < -0.39 is 15.9 Å². The Balaban J connectivity index is 1.70. The SMILES string of the molecule is COc1ccc(C(C)NC(=O)C2CCCN(S(=O)(=O)c3ccc(OC)c(OC)c3)C2)cc1. The first kappa shape index (κ1) is 23.9. The summed E-state index contributed by atoms with van der Waals surface area (Å²) < 4.78 is 43.4. The Bertz CT molecular complexity index is 1040. The fourth-order valence-corrected chi connectivity index (χ4v) is 5.35. The van der Waals surface area contributed by atoms with Crippen LogP contribution in [0.2, 0.25) is 0 Å². The average Bonchev–Trinajstić information content (AvgIpc) is 2.83. The summed E-state index contributed by atoms with van der Waals surface area (Å²) in [5, 5.41) is 3.01. The molecule has 1 fully saturated rings. The standard InChI is InChI=1S/C23H30N2O6S/c1-16(17-7-9-19(29-2)10-8-17)24-23(26)18-6-5-13-25(15-18)32(27,28)20-11-12-21(30-3)22(14-20)31-4/h7-12,14,16,18H,5-6,13,15H2,1-4H3,(H,24,26). The summed E-state index contributed by atoms with van der Waals surface area (Å²) in [6.07, 6.45) is 1.25. The van der Waals surface area contributed by atoms with Gasteiger partial charge in [-0.05, 0) is 49.6 Å². The van der Waals surface area contributed by atoms with Crippen LogP contribution in [0.25, 0.3) is 0 Å². The third kappa shape index (κ3) is 5.16. The monoisotopic (exact) mass is 462 g/mol. The van der Waals surface area contributed by atoms with Gasteiger partial charge in [0.2, 0.25) is 15.9 Å². The molecule has 0 spiro atoms. The highest BCUT2D eigenvalue weighted by molar-refractivity contribution is 7.89. The largest absolute Gasteiger partial charge is 0.497 e. The van der Waals surface area contributed by atoms with Crippen molar-refractivity contribution in [3.63, 3.8) is 0 Å². The molecule has 0 aliphatic carbocycles. The summed E-state index contributed by atoms with van der Waals surface area (Å²) in [5.74, 6) is 0.971. The highest BCUT2D eigenvalue weighted by Crippen LogP contribution is 2.32. The van der Waals surface area contributed by atoms with Gasteiger partial charge in [0.1, 0.15) is 5.75 Å². The van der Waals surface area contributed by atoms with E-state index in [-0.39, 0.29) is 23.4 Å². The van der Waals surface area contributed by atoms with Crippen LogP contribution in [0.1, 0.15) is 31.4 Å². The fourth-order valence-electron chi connectivity index (χ4n) is 3.81. The number of nitrogens with zero attached hydrogens (tertiary/aromatic N) is 1. The minimum atomic E-state index is -3.77. The zero-order valence-electron chi connectivity index (χ0n) is 18.8. The number of ether oxygens (including phenoxy) is 3. The molecule has 0 aromatic heterocycles. The van der Waals surface area contributed by atoms with Crippen molar-refractivity contribution in [2.24, 2.45) is 5.92 Å². The molecule has 1 heterocycles. The van der Waals surface area contributed by atoms with Gasteiger partial charge in [-0.1, -0.05) is 12.1 Å². The zero-order valence-corrected chi connectivity index (χ0v) is 19.6. The summed E-state index contributed by atoms with van der Waals surface area (Å²) in [4.78, 5) is 13.0. The number of sulfonamides is 1. The van der Waals surface area contributed by atoms with Gasteiger partial charge in [0.15, 0.2) is 11.5 Å². The number of hydrogen-bond donors (Lipinski definition) is 1. The van der Waals surface area contributed by atoms with Crippen LogP contribution in [0, 0.1) is 5.92 Å². The number of nitrogens with one attached hydrogen (secondary N) is 1. The van der Waals surface area contributed by atoms with E-state index in [9.17, 15) is 13.2 Å². The first-order valence-corrected chi connectivity index (χ1v) is 11.9. The van der Waals surface area contributed by atoms with Gasteiger partial charge in [-0.15, -0.1) is 0 Å². The lowest BCUT2D eigenvalue weighted by molar-refractivity contribution is -0.126. The van der Waals surface area contributed by atoms with E-state index in [2.05, 4.69) is 5.32 Å². The van der Waals surface area contributed by atoms with Gasteiger partial charge in [-0.25, -0.2) is 8.42 Å². The lowest BCUT2D eigenvalue weighted by Crippen LogP contribution is -2.45. The number of piperidine rings is 1. The van der Waals surface area contributed by atoms with Gasteiger partial charge in [0.05, 0.1) is 38.2 Å². The molecular weight excluding hydrogens is 432 g/mol. The summed E-state index contributed by atoms with van der Waals surface area (Å²) >= 11 is 0. The van der Waals surface area contributed by atoms with Crippen LogP contribution >= 0.6 is 0 Å². The quantitative estimate of drug-likeness (QED) is 0.648. The van der Waals surface area contributed by atoms with Gasteiger partial charge in [0, 0.05) is 19.2 Å². The van der Waals surface area contributed by atoms with Gasteiger partial charge in [-0.2, -0.15) is 4.31 Å². The number of carbonyl (C=O) groups excluding carboxylic acids is 1. The lowest BCUT2D eigenvalue weighted by atomic mass is 9.98. The van der Waals surface area contributed by atoms with Gasteiger partial charge >= 0.3 is 0 Å². The van der Waals surface area contributed by atoms with E-state index in [1.54, 1.807) is 13.2 Å². The highest BCUT2D eigenvalue weighted by atomic mass is 32.2. The van der Waals surface area contributed by atoms with Crippen LogP contribution < -0.4 is 19.5 Å². The topological polar surface area (TPSA) is 94.2 Å². The predicted octanol–water partition coefficient (Wildman–Crippen LogP) is 2.99. The molecule has 2 aromatic carbocycles. The second kappa shape index (κ2) is 10.2. The summed E-state index contributed by atoms with van der Waals surface area (Å²) in [7, 11) is 0.783. The van der Waals surface area contributed by atoms with E-state index in [4.69, 9.17) is 14.2 Å². The van der Waals surface area contributed by atoms with E-state index in [0.717, 1.165) is 11.3 Å². The van der Waals surface area contributed by atoms with Crippen LogP contribution in [0.3, 0.4) is 0 Å². The Labute approximate surface area is 189 Å². The normalized spacial score (nSPS) is 17.9.